The molecule has 1 amide bonds. The summed E-state index contributed by atoms with van der Waals surface area (Å²) >= 11 is 0. The Kier molecular flexibility index (Phi) is 4.33. The lowest BCUT2D eigenvalue weighted by Crippen LogP contribution is -2.54. The van der Waals surface area contributed by atoms with Crippen LogP contribution in [-0.2, 0) is 4.79 Å². The van der Waals surface area contributed by atoms with Crippen LogP contribution in [0, 0.1) is 6.92 Å². The number of benzene rings is 1. The van der Waals surface area contributed by atoms with E-state index in [9.17, 15) is 4.79 Å². The molecule has 1 aromatic rings. The van der Waals surface area contributed by atoms with E-state index in [0.717, 1.165) is 37.2 Å². The van der Waals surface area contributed by atoms with E-state index in [1.54, 1.807) is 0 Å². The fourth-order valence-electron chi connectivity index (χ4n) is 2.69. The topological polar surface area (TPSA) is 44.4 Å². The van der Waals surface area contributed by atoms with Crippen molar-refractivity contribution in [2.24, 2.45) is 0 Å². The van der Waals surface area contributed by atoms with Crippen molar-refractivity contribution in [1.29, 1.82) is 0 Å². The summed E-state index contributed by atoms with van der Waals surface area (Å²) < 4.78 is 0. The first kappa shape index (κ1) is 14.9. The van der Waals surface area contributed by atoms with Crippen LogP contribution in [0.15, 0.2) is 18.2 Å². The van der Waals surface area contributed by atoms with Crippen molar-refractivity contribution in [1.82, 2.24) is 5.32 Å². The van der Waals surface area contributed by atoms with Crippen LogP contribution in [0.2, 0.25) is 0 Å². The average Bonchev–Trinajstić information content (AvgIpc) is 2.41. The molecule has 1 fully saturated rings. The highest BCUT2D eigenvalue weighted by Crippen LogP contribution is 2.25. The van der Waals surface area contributed by atoms with Gasteiger partial charge in [-0.25, -0.2) is 0 Å². The number of anilines is 2. The molecule has 2 N–H and O–H groups in total. The zero-order valence-corrected chi connectivity index (χ0v) is 12.9. The molecule has 4 heteroatoms. The number of amides is 1. The molecule has 0 spiro atoms. The number of carbonyl (C=O) groups excluding carboxylic acids is 1. The molecule has 0 aliphatic carbocycles. The van der Waals surface area contributed by atoms with Crippen molar-refractivity contribution in [3.63, 3.8) is 0 Å². The number of piperidine rings is 1. The normalized spacial score (nSPS) is 22.4. The molecule has 0 bridgehead atoms. The lowest BCUT2D eigenvalue weighted by Gasteiger charge is -2.33. The minimum Gasteiger partial charge on any atom is -0.377 e. The summed E-state index contributed by atoms with van der Waals surface area (Å²) in [6.45, 7) is 4.98. The van der Waals surface area contributed by atoms with Gasteiger partial charge in [0.2, 0.25) is 5.91 Å². The first-order valence-corrected chi connectivity index (χ1v) is 7.27. The zero-order valence-electron chi connectivity index (χ0n) is 12.9. The van der Waals surface area contributed by atoms with Crippen molar-refractivity contribution in [2.75, 3.05) is 30.9 Å². The SMILES string of the molecule is Cc1ccc(NC(=O)C2(C)CCCCN2)cc1N(C)C. The third-order valence-electron chi connectivity index (χ3n) is 4.07. The van der Waals surface area contributed by atoms with E-state index in [1.807, 2.05) is 39.2 Å². The molecular formula is C16H25N3O. The Labute approximate surface area is 121 Å². The van der Waals surface area contributed by atoms with Gasteiger partial charge in [-0.15, -0.1) is 0 Å². The Morgan fingerprint density at radius 1 is 1.35 bits per heavy atom. The van der Waals surface area contributed by atoms with E-state index in [4.69, 9.17) is 0 Å². The summed E-state index contributed by atoms with van der Waals surface area (Å²) in [5, 5.41) is 6.39. The van der Waals surface area contributed by atoms with Crippen LogP contribution in [0.3, 0.4) is 0 Å². The zero-order chi connectivity index (χ0) is 14.8. The van der Waals surface area contributed by atoms with Crippen molar-refractivity contribution in [3.8, 4) is 0 Å². The second-order valence-corrected chi connectivity index (χ2v) is 6.07. The Morgan fingerprint density at radius 3 is 2.70 bits per heavy atom. The van der Waals surface area contributed by atoms with Crippen LogP contribution < -0.4 is 15.5 Å². The second-order valence-electron chi connectivity index (χ2n) is 6.07. The van der Waals surface area contributed by atoms with E-state index in [2.05, 4.69) is 22.5 Å². The first-order chi connectivity index (χ1) is 9.42. The van der Waals surface area contributed by atoms with Crippen LogP contribution in [-0.4, -0.2) is 32.1 Å². The van der Waals surface area contributed by atoms with Gasteiger partial charge in [-0.2, -0.15) is 0 Å². The van der Waals surface area contributed by atoms with Crippen molar-refractivity contribution >= 4 is 17.3 Å². The maximum Gasteiger partial charge on any atom is 0.244 e. The maximum atomic E-state index is 12.5. The number of nitrogens with zero attached hydrogens (tertiary/aromatic N) is 1. The summed E-state index contributed by atoms with van der Waals surface area (Å²) in [5.74, 6) is 0.0609. The largest absolute Gasteiger partial charge is 0.377 e. The van der Waals surface area contributed by atoms with E-state index in [1.165, 1.54) is 5.56 Å². The number of hydrogen-bond acceptors (Lipinski definition) is 3. The number of rotatable bonds is 3. The number of carbonyl (C=O) groups is 1. The summed E-state index contributed by atoms with van der Waals surface area (Å²) in [4.78, 5) is 14.5. The molecule has 2 rings (SSSR count). The van der Waals surface area contributed by atoms with Gasteiger partial charge in [0.05, 0.1) is 5.54 Å². The molecule has 4 nitrogen and oxygen atoms in total. The quantitative estimate of drug-likeness (QED) is 0.891. The molecule has 0 saturated carbocycles. The van der Waals surface area contributed by atoms with Gasteiger partial charge in [0, 0.05) is 25.5 Å². The molecule has 110 valence electrons. The van der Waals surface area contributed by atoms with Gasteiger partial charge in [0.1, 0.15) is 0 Å². The lowest BCUT2D eigenvalue weighted by molar-refractivity contribution is -0.122. The Hall–Kier alpha value is -1.55. The molecular weight excluding hydrogens is 250 g/mol. The highest BCUT2D eigenvalue weighted by Gasteiger charge is 2.34. The predicted molar refractivity (Wildman–Crippen MR) is 84.4 cm³/mol. The Morgan fingerprint density at radius 2 is 2.10 bits per heavy atom. The highest BCUT2D eigenvalue weighted by atomic mass is 16.2. The highest BCUT2D eigenvalue weighted by molar-refractivity contribution is 5.98. The Bertz CT molecular complexity index is 490. The summed E-state index contributed by atoms with van der Waals surface area (Å²) in [5.41, 5.74) is 2.75. The monoisotopic (exact) mass is 275 g/mol. The van der Waals surface area contributed by atoms with Crippen LogP contribution in [0.1, 0.15) is 31.7 Å². The molecule has 1 aromatic carbocycles. The maximum absolute atomic E-state index is 12.5. The van der Waals surface area contributed by atoms with Crippen LogP contribution in [0.25, 0.3) is 0 Å². The molecule has 1 saturated heterocycles. The van der Waals surface area contributed by atoms with Gasteiger partial charge in [-0.05, 0) is 57.4 Å². The molecule has 1 unspecified atom stereocenters. The van der Waals surface area contributed by atoms with Crippen molar-refractivity contribution in [2.45, 2.75) is 38.6 Å². The molecule has 1 aliphatic heterocycles. The van der Waals surface area contributed by atoms with Gasteiger partial charge in [-0.3, -0.25) is 4.79 Å². The van der Waals surface area contributed by atoms with Crippen molar-refractivity contribution < 1.29 is 4.79 Å². The van der Waals surface area contributed by atoms with Gasteiger partial charge in [0.25, 0.3) is 0 Å². The van der Waals surface area contributed by atoms with Gasteiger partial charge >= 0.3 is 0 Å². The van der Waals surface area contributed by atoms with E-state index in [0.29, 0.717) is 0 Å². The van der Waals surface area contributed by atoms with Gasteiger partial charge in [0.15, 0.2) is 0 Å². The second kappa shape index (κ2) is 5.83. The third-order valence-corrected chi connectivity index (χ3v) is 4.07. The number of nitrogens with one attached hydrogen (secondary N) is 2. The fourth-order valence-corrected chi connectivity index (χ4v) is 2.69. The van der Waals surface area contributed by atoms with Gasteiger partial charge in [-0.1, -0.05) is 6.07 Å². The fraction of sp³-hybridized carbons (Fsp3) is 0.562. The molecule has 20 heavy (non-hydrogen) atoms. The Balaban J connectivity index is 2.13. The minimum absolute atomic E-state index is 0.0609. The first-order valence-electron chi connectivity index (χ1n) is 7.27. The number of hydrogen-bond donors (Lipinski definition) is 2. The third kappa shape index (κ3) is 3.12. The molecule has 1 aliphatic rings. The predicted octanol–water partition coefficient (Wildman–Crippen LogP) is 2.53. The van der Waals surface area contributed by atoms with Crippen LogP contribution in [0.4, 0.5) is 11.4 Å². The van der Waals surface area contributed by atoms with Crippen molar-refractivity contribution in [3.05, 3.63) is 23.8 Å². The van der Waals surface area contributed by atoms with Crippen LogP contribution in [0.5, 0.6) is 0 Å². The minimum atomic E-state index is -0.443. The van der Waals surface area contributed by atoms with Crippen LogP contribution >= 0.6 is 0 Å². The molecule has 0 radical (unpaired) electrons. The summed E-state index contributed by atoms with van der Waals surface area (Å²) in [7, 11) is 4.02. The smallest absolute Gasteiger partial charge is 0.244 e. The van der Waals surface area contributed by atoms with E-state index < -0.39 is 5.54 Å². The molecule has 1 atom stereocenters. The average molecular weight is 275 g/mol. The lowest BCUT2D eigenvalue weighted by atomic mass is 9.90. The van der Waals surface area contributed by atoms with Gasteiger partial charge < -0.3 is 15.5 Å². The standard InChI is InChI=1S/C16H25N3O/c1-12-7-8-13(11-14(12)19(3)4)18-15(20)16(2)9-5-6-10-17-16/h7-8,11,17H,5-6,9-10H2,1-4H3,(H,18,20). The summed E-state index contributed by atoms with van der Waals surface area (Å²) in [6.07, 6.45) is 3.15. The van der Waals surface area contributed by atoms with E-state index in [-0.39, 0.29) is 5.91 Å². The summed E-state index contributed by atoms with van der Waals surface area (Å²) in [6, 6.07) is 6.04. The molecule has 1 heterocycles. The molecule has 0 aromatic heterocycles. The van der Waals surface area contributed by atoms with E-state index >= 15 is 0 Å². The number of aryl methyl sites for hydroxylation is 1.